The molecule has 5 N–H and O–H groups in total. The number of rotatable bonds is 4. The smallest absolute Gasteiger partial charge is 0.431 e. The van der Waals surface area contributed by atoms with Gasteiger partial charge in [-0.3, -0.25) is 9.59 Å². The fourth-order valence-corrected chi connectivity index (χ4v) is 6.89. The quantitative estimate of drug-likeness (QED) is 0.121. The maximum absolute atomic E-state index is 13.8. The van der Waals surface area contributed by atoms with Gasteiger partial charge >= 0.3 is 6.18 Å². The highest BCUT2D eigenvalue weighted by molar-refractivity contribution is 9.09. The highest BCUT2D eigenvalue weighted by Gasteiger charge is 2.38. The lowest BCUT2D eigenvalue weighted by atomic mass is 9.99. The lowest BCUT2D eigenvalue weighted by molar-refractivity contribution is -0.140. The average molecular weight is 687 g/mol. The summed E-state index contributed by atoms with van der Waals surface area (Å²) in [6, 6.07) is 18.7. The van der Waals surface area contributed by atoms with Crippen molar-refractivity contribution in [3.8, 4) is 5.75 Å². The summed E-state index contributed by atoms with van der Waals surface area (Å²) in [4.78, 5) is 41.4. The van der Waals surface area contributed by atoms with E-state index in [-0.39, 0.29) is 40.5 Å². The van der Waals surface area contributed by atoms with Gasteiger partial charge in [0.2, 0.25) is 0 Å². The van der Waals surface area contributed by atoms with Crippen molar-refractivity contribution in [2.75, 3.05) is 22.1 Å². The molecule has 1 aliphatic heterocycles. The molecule has 46 heavy (non-hydrogen) atoms. The third-order valence-corrected chi connectivity index (χ3v) is 9.27. The minimum atomic E-state index is -4.62. The van der Waals surface area contributed by atoms with Gasteiger partial charge in [-0.1, -0.05) is 34.1 Å². The lowest BCUT2D eigenvalue weighted by Crippen LogP contribution is -2.30. The van der Waals surface area contributed by atoms with Crippen LogP contribution in [0.1, 0.15) is 38.2 Å². The van der Waals surface area contributed by atoms with Crippen LogP contribution in [0.25, 0.3) is 43.6 Å². The van der Waals surface area contributed by atoms with Crippen LogP contribution in [0.4, 0.5) is 24.5 Å². The van der Waals surface area contributed by atoms with Gasteiger partial charge in [0, 0.05) is 62.1 Å². The van der Waals surface area contributed by atoms with E-state index in [2.05, 4.69) is 41.2 Å². The van der Waals surface area contributed by atoms with E-state index >= 15 is 0 Å². The van der Waals surface area contributed by atoms with Crippen molar-refractivity contribution in [1.29, 1.82) is 0 Å². The minimum absolute atomic E-state index is 0.0249. The number of hydrogen-bond acceptors (Lipinski definition) is 4. The molecule has 0 fully saturated rings. The second-order valence-corrected chi connectivity index (χ2v) is 11.9. The van der Waals surface area contributed by atoms with Gasteiger partial charge in [0.1, 0.15) is 22.8 Å². The van der Waals surface area contributed by atoms with E-state index in [1.54, 1.807) is 36.5 Å². The molecule has 1 atom stereocenters. The SMILES string of the molecule is O=C(Nc1ccc2[nH]c(C(=O)N3CC(CBr)c4c3cc(O)c3[nH]c(C(F)(F)F)cc43)cc2c1)c1cc2c(cn1)[nH]c1ccccc12. The molecule has 0 bridgehead atoms. The number of anilines is 2. The number of aromatic hydroxyl groups is 1. The maximum Gasteiger partial charge on any atom is 0.431 e. The second kappa shape index (κ2) is 10.1. The number of pyridine rings is 1. The topological polar surface area (TPSA) is 130 Å². The van der Waals surface area contributed by atoms with Gasteiger partial charge < -0.3 is 30.3 Å². The molecule has 230 valence electrons. The van der Waals surface area contributed by atoms with E-state index in [9.17, 15) is 27.9 Å². The Bertz CT molecular complexity index is 2390. The van der Waals surface area contributed by atoms with Crippen molar-refractivity contribution < 1.29 is 27.9 Å². The van der Waals surface area contributed by atoms with Crippen molar-refractivity contribution >= 4 is 82.7 Å². The molecule has 3 aromatic carbocycles. The van der Waals surface area contributed by atoms with Crippen molar-refractivity contribution in [2.24, 2.45) is 0 Å². The van der Waals surface area contributed by atoms with E-state index in [0.29, 0.717) is 33.2 Å². The predicted octanol–water partition coefficient (Wildman–Crippen LogP) is 7.79. The summed E-state index contributed by atoms with van der Waals surface area (Å²) in [6.07, 6.45) is -3.00. The van der Waals surface area contributed by atoms with Crippen LogP contribution in [0.3, 0.4) is 0 Å². The van der Waals surface area contributed by atoms with Gasteiger partial charge in [0.15, 0.2) is 0 Å². The molecule has 1 aliphatic rings. The highest BCUT2D eigenvalue weighted by atomic mass is 79.9. The highest BCUT2D eigenvalue weighted by Crippen LogP contribution is 2.47. The Hall–Kier alpha value is -5.30. The van der Waals surface area contributed by atoms with Crippen LogP contribution in [0.2, 0.25) is 0 Å². The Labute approximate surface area is 265 Å². The zero-order chi connectivity index (χ0) is 31.9. The van der Waals surface area contributed by atoms with Crippen LogP contribution in [0.5, 0.6) is 5.75 Å². The molecule has 0 saturated carbocycles. The molecule has 2 amide bonds. The number of aromatic nitrogens is 4. The summed E-state index contributed by atoms with van der Waals surface area (Å²) in [5, 5.41) is 16.7. The summed E-state index contributed by atoms with van der Waals surface area (Å²) < 4.78 is 40.4. The van der Waals surface area contributed by atoms with Gasteiger partial charge in [-0.05, 0) is 48.0 Å². The molecule has 8 rings (SSSR count). The zero-order valence-electron chi connectivity index (χ0n) is 23.6. The number of phenolic OH excluding ortho intramolecular Hbond substituents is 1. The van der Waals surface area contributed by atoms with Gasteiger partial charge in [-0.2, -0.15) is 13.2 Å². The first-order valence-corrected chi connectivity index (χ1v) is 15.4. The minimum Gasteiger partial charge on any atom is -0.506 e. The van der Waals surface area contributed by atoms with E-state index < -0.39 is 23.7 Å². The monoisotopic (exact) mass is 686 g/mol. The number of nitrogens with zero attached hydrogens (tertiary/aromatic N) is 2. The number of para-hydroxylation sites is 1. The number of aromatic amines is 3. The molecule has 0 radical (unpaired) electrons. The zero-order valence-corrected chi connectivity index (χ0v) is 25.2. The number of H-pyrrole nitrogens is 3. The van der Waals surface area contributed by atoms with Gasteiger partial charge in [0.05, 0.1) is 22.9 Å². The summed E-state index contributed by atoms with van der Waals surface area (Å²) in [5.41, 5.74) is 3.31. The number of fused-ring (bicyclic) bond motifs is 7. The molecule has 5 heterocycles. The summed E-state index contributed by atoms with van der Waals surface area (Å²) in [5.74, 6) is -1.49. The van der Waals surface area contributed by atoms with Crippen LogP contribution in [-0.2, 0) is 6.18 Å². The van der Waals surface area contributed by atoms with Crippen molar-refractivity contribution in [3.05, 3.63) is 95.6 Å². The Morgan fingerprint density at radius 3 is 2.59 bits per heavy atom. The van der Waals surface area contributed by atoms with Gasteiger partial charge in [-0.15, -0.1) is 0 Å². The average Bonchev–Trinajstić information content (AvgIpc) is 3.82. The van der Waals surface area contributed by atoms with Gasteiger partial charge in [-0.25, -0.2) is 4.98 Å². The van der Waals surface area contributed by atoms with Crippen LogP contribution in [0.15, 0.2) is 72.9 Å². The molecule has 4 aromatic heterocycles. The Kier molecular flexibility index (Phi) is 6.19. The van der Waals surface area contributed by atoms with Crippen LogP contribution >= 0.6 is 15.9 Å². The van der Waals surface area contributed by atoms with E-state index in [4.69, 9.17) is 0 Å². The summed E-state index contributed by atoms with van der Waals surface area (Å²) in [6.45, 7) is 0.203. The number of carbonyl (C=O) groups excluding carboxylic acids is 2. The molecular weight excluding hydrogens is 665 g/mol. The number of phenols is 1. The molecule has 9 nitrogen and oxygen atoms in total. The first kappa shape index (κ1) is 28.2. The third kappa shape index (κ3) is 4.41. The maximum atomic E-state index is 13.8. The number of hydrogen-bond donors (Lipinski definition) is 5. The molecule has 7 aromatic rings. The lowest BCUT2D eigenvalue weighted by Gasteiger charge is -2.17. The molecule has 0 saturated heterocycles. The fourth-order valence-electron chi connectivity index (χ4n) is 6.36. The number of nitrogens with one attached hydrogen (secondary N) is 4. The first-order chi connectivity index (χ1) is 22.1. The van der Waals surface area contributed by atoms with E-state index in [1.807, 2.05) is 24.3 Å². The Morgan fingerprint density at radius 2 is 1.78 bits per heavy atom. The normalized spacial score (nSPS) is 15.0. The number of alkyl halides is 4. The third-order valence-electron chi connectivity index (χ3n) is 8.48. The van der Waals surface area contributed by atoms with Crippen molar-refractivity contribution in [1.82, 2.24) is 19.9 Å². The molecular formula is C33H22BrF3N6O3. The number of benzene rings is 3. The largest absolute Gasteiger partial charge is 0.506 e. The standard InChI is InChI=1S/C33H22BrF3N6O3/c34-12-16-14-43(26-11-27(44)30-20(29(16)26)10-28(42-30)33(35,36)37)32(46)24-8-15-7-17(5-6-21(15)40-24)39-31(45)23-9-19-18-3-1-2-4-22(18)41-25(19)13-38-23/h1-11,13,16,40-42,44H,12,14H2,(H,39,45). The molecule has 1 unspecified atom stereocenters. The van der Waals surface area contributed by atoms with E-state index in [1.165, 1.54) is 11.0 Å². The van der Waals surface area contributed by atoms with Gasteiger partial charge in [0.25, 0.3) is 11.8 Å². The van der Waals surface area contributed by atoms with Crippen molar-refractivity contribution in [2.45, 2.75) is 12.1 Å². The summed E-state index contributed by atoms with van der Waals surface area (Å²) in [7, 11) is 0. The molecule has 0 spiro atoms. The van der Waals surface area contributed by atoms with Crippen LogP contribution in [-0.4, -0.2) is 48.7 Å². The number of amides is 2. The second-order valence-electron chi connectivity index (χ2n) is 11.3. The fraction of sp³-hybridized carbons (Fsp3) is 0.121. The summed E-state index contributed by atoms with van der Waals surface area (Å²) >= 11 is 3.44. The number of halogens is 4. The molecule has 0 aliphatic carbocycles. The Balaban J connectivity index is 1.08. The van der Waals surface area contributed by atoms with Crippen LogP contribution in [0, 0.1) is 0 Å². The first-order valence-electron chi connectivity index (χ1n) is 14.2. The van der Waals surface area contributed by atoms with E-state index in [0.717, 1.165) is 27.9 Å². The van der Waals surface area contributed by atoms with Crippen molar-refractivity contribution in [3.63, 3.8) is 0 Å². The molecule has 13 heteroatoms. The number of carbonyl (C=O) groups is 2. The Morgan fingerprint density at radius 1 is 0.957 bits per heavy atom. The van der Waals surface area contributed by atoms with Crippen LogP contribution < -0.4 is 10.2 Å². The predicted molar refractivity (Wildman–Crippen MR) is 173 cm³/mol.